The Morgan fingerprint density at radius 2 is 2.00 bits per heavy atom. The first-order valence-corrected chi connectivity index (χ1v) is 5.70. The Morgan fingerprint density at radius 3 is 2.56 bits per heavy atom. The van der Waals surface area contributed by atoms with Crippen molar-refractivity contribution in [2.75, 3.05) is 13.6 Å². The van der Waals surface area contributed by atoms with E-state index in [1.165, 1.54) is 6.92 Å². The topological polar surface area (TPSA) is 69.6 Å². The normalized spacial score (nSPS) is 25.4. The number of carbonyl (C=O) groups is 2. The molecule has 1 saturated carbocycles. The van der Waals surface area contributed by atoms with Gasteiger partial charge in [-0.3, -0.25) is 14.5 Å². The van der Waals surface area contributed by atoms with Crippen LogP contribution in [0, 0.1) is 0 Å². The van der Waals surface area contributed by atoms with Gasteiger partial charge in [-0.1, -0.05) is 12.8 Å². The number of aliphatic carboxylic acids is 1. The van der Waals surface area contributed by atoms with Gasteiger partial charge < -0.3 is 10.4 Å². The third-order valence-corrected chi connectivity index (χ3v) is 3.07. The van der Waals surface area contributed by atoms with Gasteiger partial charge in [0.1, 0.15) is 0 Å². The summed E-state index contributed by atoms with van der Waals surface area (Å²) in [7, 11) is 1.80. The molecule has 92 valence electrons. The fraction of sp³-hybridized carbons (Fsp3) is 0.818. The molecule has 0 spiro atoms. The van der Waals surface area contributed by atoms with E-state index >= 15 is 0 Å². The molecule has 1 aliphatic carbocycles. The Morgan fingerprint density at radius 1 is 1.38 bits per heavy atom. The van der Waals surface area contributed by atoms with Gasteiger partial charge in [-0.2, -0.15) is 0 Å². The van der Waals surface area contributed by atoms with Gasteiger partial charge in [-0.25, -0.2) is 0 Å². The maximum atomic E-state index is 11.1. The first-order valence-electron chi connectivity index (χ1n) is 5.70. The SMILES string of the molecule is CC(=O)N[C@H]1CCCC[C@H]1N(C)CC(=O)O. The van der Waals surface area contributed by atoms with Crippen LogP contribution in [0.5, 0.6) is 0 Å². The maximum Gasteiger partial charge on any atom is 0.317 e. The van der Waals surface area contributed by atoms with Crippen LogP contribution in [0.4, 0.5) is 0 Å². The van der Waals surface area contributed by atoms with E-state index in [1.54, 1.807) is 7.05 Å². The van der Waals surface area contributed by atoms with Gasteiger partial charge in [0.05, 0.1) is 6.54 Å². The molecule has 0 unspecified atom stereocenters. The number of carboxylic acids is 1. The van der Waals surface area contributed by atoms with E-state index in [0.29, 0.717) is 0 Å². The van der Waals surface area contributed by atoms with Gasteiger partial charge in [-0.15, -0.1) is 0 Å². The number of nitrogens with one attached hydrogen (secondary N) is 1. The van der Waals surface area contributed by atoms with E-state index in [0.717, 1.165) is 25.7 Å². The lowest BCUT2D eigenvalue weighted by Gasteiger charge is -2.37. The molecule has 16 heavy (non-hydrogen) atoms. The molecule has 1 fully saturated rings. The number of rotatable bonds is 4. The van der Waals surface area contributed by atoms with Crippen molar-refractivity contribution in [1.29, 1.82) is 0 Å². The second kappa shape index (κ2) is 5.84. The number of amides is 1. The third-order valence-electron chi connectivity index (χ3n) is 3.07. The molecule has 1 aliphatic rings. The quantitative estimate of drug-likeness (QED) is 0.733. The van der Waals surface area contributed by atoms with Crippen LogP contribution in [0.15, 0.2) is 0 Å². The molecule has 5 heteroatoms. The van der Waals surface area contributed by atoms with Gasteiger partial charge in [0, 0.05) is 19.0 Å². The first-order chi connectivity index (χ1) is 7.50. The number of carbonyl (C=O) groups excluding carboxylic acids is 1. The molecule has 1 rings (SSSR count). The van der Waals surface area contributed by atoms with Crippen molar-refractivity contribution >= 4 is 11.9 Å². The van der Waals surface area contributed by atoms with E-state index in [4.69, 9.17) is 5.11 Å². The third kappa shape index (κ3) is 3.81. The van der Waals surface area contributed by atoms with Crippen molar-refractivity contribution < 1.29 is 14.7 Å². The second-order valence-corrected chi connectivity index (χ2v) is 4.47. The Hall–Kier alpha value is -1.10. The lowest BCUT2D eigenvalue weighted by molar-refractivity contribution is -0.138. The van der Waals surface area contributed by atoms with E-state index in [2.05, 4.69) is 5.32 Å². The zero-order chi connectivity index (χ0) is 12.1. The molecule has 2 atom stereocenters. The Labute approximate surface area is 95.8 Å². The Bertz CT molecular complexity index is 268. The molecule has 1 amide bonds. The van der Waals surface area contributed by atoms with Crippen LogP contribution in [0.25, 0.3) is 0 Å². The van der Waals surface area contributed by atoms with Crippen LogP contribution in [-0.2, 0) is 9.59 Å². The zero-order valence-electron chi connectivity index (χ0n) is 9.90. The molecule has 0 saturated heterocycles. The van der Waals surface area contributed by atoms with Crippen LogP contribution in [0.3, 0.4) is 0 Å². The molecule has 0 aromatic rings. The largest absolute Gasteiger partial charge is 0.480 e. The summed E-state index contributed by atoms with van der Waals surface area (Å²) >= 11 is 0. The van der Waals surface area contributed by atoms with Crippen molar-refractivity contribution in [3.05, 3.63) is 0 Å². The fourth-order valence-corrected chi connectivity index (χ4v) is 2.40. The van der Waals surface area contributed by atoms with Crippen LogP contribution >= 0.6 is 0 Å². The Balaban J connectivity index is 2.58. The van der Waals surface area contributed by atoms with E-state index in [1.807, 2.05) is 4.90 Å². The van der Waals surface area contributed by atoms with Crippen LogP contribution in [0.2, 0.25) is 0 Å². The van der Waals surface area contributed by atoms with Crippen molar-refractivity contribution in [1.82, 2.24) is 10.2 Å². The summed E-state index contributed by atoms with van der Waals surface area (Å²) in [6.07, 6.45) is 4.09. The summed E-state index contributed by atoms with van der Waals surface area (Å²) in [5.74, 6) is -0.865. The molecule has 0 heterocycles. The zero-order valence-corrected chi connectivity index (χ0v) is 9.90. The number of hydrogen-bond donors (Lipinski definition) is 2. The highest BCUT2D eigenvalue weighted by molar-refractivity contribution is 5.73. The molecular weight excluding hydrogens is 208 g/mol. The maximum absolute atomic E-state index is 11.1. The standard InChI is InChI=1S/C11H20N2O3/c1-8(14)12-9-5-3-4-6-10(9)13(2)7-11(15)16/h9-10H,3-7H2,1-2H3,(H,12,14)(H,15,16)/t9-,10+/m0/s1. The molecule has 0 aromatic heterocycles. The van der Waals surface area contributed by atoms with E-state index in [-0.39, 0.29) is 24.5 Å². The van der Waals surface area contributed by atoms with Crippen LogP contribution < -0.4 is 5.32 Å². The molecule has 0 radical (unpaired) electrons. The summed E-state index contributed by atoms with van der Waals surface area (Å²) in [6.45, 7) is 1.53. The highest BCUT2D eigenvalue weighted by Crippen LogP contribution is 2.22. The van der Waals surface area contributed by atoms with Gasteiger partial charge >= 0.3 is 5.97 Å². The lowest BCUT2D eigenvalue weighted by Crippen LogP contribution is -2.52. The Kier molecular flexibility index (Phi) is 4.73. The minimum absolute atomic E-state index is 0.0285. The second-order valence-electron chi connectivity index (χ2n) is 4.47. The molecular formula is C11H20N2O3. The highest BCUT2D eigenvalue weighted by atomic mass is 16.4. The van der Waals surface area contributed by atoms with Crippen molar-refractivity contribution in [3.63, 3.8) is 0 Å². The monoisotopic (exact) mass is 228 g/mol. The van der Waals surface area contributed by atoms with Gasteiger partial charge in [-0.05, 0) is 19.9 Å². The van der Waals surface area contributed by atoms with Gasteiger partial charge in [0.2, 0.25) is 5.91 Å². The number of carboxylic acid groups (broad SMARTS) is 1. The minimum Gasteiger partial charge on any atom is -0.480 e. The first kappa shape index (κ1) is 13.0. The summed E-state index contributed by atoms with van der Waals surface area (Å²) in [6, 6.07) is 0.240. The van der Waals surface area contributed by atoms with Crippen molar-refractivity contribution in [2.45, 2.75) is 44.7 Å². The average Bonchev–Trinajstić information content (AvgIpc) is 2.16. The molecule has 0 aromatic carbocycles. The summed E-state index contributed by atoms with van der Waals surface area (Å²) in [5, 5.41) is 11.7. The van der Waals surface area contributed by atoms with E-state index < -0.39 is 5.97 Å². The summed E-state index contributed by atoms with van der Waals surface area (Å²) in [5.41, 5.74) is 0. The number of likely N-dealkylation sites (N-methyl/N-ethyl adjacent to an activating group) is 1. The molecule has 2 N–H and O–H groups in total. The predicted molar refractivity (Wildman–Crippen MR) is 60.1 cm³/mol. The molecule has 5 nitrogen and oxygen atoms in total. The smallest absolute Gasteiger partial charge is 0.317 e. The lowest BCUT2D eigenvalue weighted by atomic mass is 9.89. The molecule has 0 bridgehead atoms. The number of nitrogens with zero attached hydrogens (tertiary/aromatic N) is 1. The average molecular weight is 228 g/mol. The van der Waals surface area contributed by atoms with Crippen LogP contribution in [-0.4, -0.2) is 47.6 Å². The predicted octanol–water partition coefficient (Wildman–Crippen LogP) is 0.450. The highest BCUT2D eigenvalue weighted by Gasteiger charge is 2.29. The minimum atomic E-state index is -0.824. The van der Waals surface area contributed by atoms with Crippen molar-refractivity contribution in [2.24, 2.45) is 0 Å². The van der Waals surface area contributed by atoms with Gasteiger partial charge in [0.25, 0.3) is 0 Å². The van der Waals surface area contributed by atoms with Gasteiger partial charge in [0.15, 0.2) is 0 Å². The van der Waals surface area contributed by atoms with Crippen molar-refractivity contribution in [3.8, 4) is 0 Å². The summed E-state index contributed by atoms with van der Waals surface area (Å²) in [4.78, 5) is 23.5. The molecule has 0 aliphatic heterocycles. The van der Waals surface area contributed by atoms with E-state index in [9.17, 15) is 9.59 Å². The number of hydrogen-bond acceptors (Lipinski definition) is 3. The fourth-order valence-electron chi connectivity index (χ4n) is 2.40. The van der Waals surface area contributed by atoms with Crippen LogP contribution in [0.1, 0.15) is 32.6 Å². The summed E-state index contributed by atoms with van der Waals surface area (Å²) < 4.78 is 0.